The first-order valence-electron chi connectivity index (χ1n) is 6.43. The van der Waals surface area contributed by atoms with Gasteiger partial charge in [-0.3, -0.25) is 0 Å². The molecule has 4 unspecified atom stereocenters. The molecule has 0 bridgehead atoms. The van der Waals surface area contributed by atoms with Crippen LogP contribution in [0, 0.1) is 0 Å². The first-order chi connectivity index (χ1) is 7.71. The van der Waals surface area contributed by atoms with Crippen molar-refractivity contribution in [2.45, 2.75) is 63.8 Å². The molecule has 1 heterocycles. The summed E-state index contributed by atoms with van der Waals surface area (Å²) in [6.45, 7) is 5.06. The summed E-state index contributed by atoms with van der Waals surface area (Å²) in [7, 11) is 0. The molecule has 4 atom stereocenters. The predicted molar refractivity (Wildman–Crippen MR) is 65.3 cm³/mol. The average molecular weight is 230 g/mol. The minimum Gasteiger partial charge on any atom is -0.396 e. The molecule has 1 aliphatic rings. The minimum absolute atomic E-state index is 0.224. The van der Waals surface area contributed by atoms with Crippen LogP contribution in [0.5, 0.6) is 0 Å². The maximum atomic E-state index is 8.96. The molecular formula is C12H26N2O2. The molecular weight excluding hydrogens is 204 g/mol. The van der Waals surface area contributed by atoms with Gasteiger partial charge in [0.25, 0.3) is 0 Å². The molecule has 1 aliphatic heterocycles. The normalized spacial score (nSPS) is 29.2. The number of nitrogens with one attached hydrogen (secondary N) is 1. The Morgan fingerprint density at radius 2 is 2.25 bits per heavy atom. The highest BCUT2D eigenvalue weighted by Gasteiger charge is 2.29. The Labute approximate surface area is 98.5 Å². The highest BCUT2D eigenvalue weighted by Crippen LogP contribution is 2.22. The number of aliphatic hydroxyl groups excluding tert-OH is 1. The van der Waals surface area contributed by atoms with E-state index in [1.54, 1.807) is 0 Å². The van der Waals surface area contributed by atoms with Gasteiger partial charge in [0.2, 0.25) is 0 Å². The fourth-order valence-electron chi connectivity index (χ4n) is 2.32. The Morgan fingerprint density at radius 1 is 1.50 bits per heavy atom. The summed E-state index contributed by atoms with van der Waals surface area (Å²) in [5.74, 6) is 0. The van der Waals surface area contributed by atoms with E-state index in [4.69, 9.17) is 15.6 Å². The van der Waals surface area contributed by atoms with Gasteiger partial charge in [-0.1, -0.05) is 6.92 Å². The van der Waals surface area contributed by atoms with Crippen LogP contribution >= 0.6 is 0 Å². The quantitative estimate of drug-likeness (QED) is 0.600. The van der Waals surface area contributed by atoms with Gasteiger partial charge in [0, 0.05) is 25.2 Å². The van der Waals surface area contributed by atoms with E-state index in [1.165, 1.54) is 0 Å². The summed E-state index contributed by atoms with van der Waals surface area (Å²) < 4.78 is 5.83. The van der Waals surface area contributed by atoms with Gasteiger partial charge in [-0.25, -0.2) is 0 Å². The smallest absolute Gasteiger partial charge is 0.0745 e. The van der Waals surface area contributed by atoms with Crippen molar-refractivity contribution >= 4 is 0 Å². The Bertz CT molecular complexity index is 190. The van der Waals surface area contributed by atoms with Gasteiger partial charge < -0.3 is 20.9 Å². The second-order valence-corrected chi connectivity index (χ2v) is 4.69. The fraction of sp³-hybridized carbons (Fsp3) is 1.00. The van der Waals surface area contributed by atoms with Crippen LogP contribution in [0.25, 0.3) is 0 Å². The Morgan fingerprint density at radius 3 is 2.69 bits per heavy atom. The lowest BCUT2D eigenvalue weighted by Gasteiger charge is -2.28. The van der Waals surface area contributed by atoms with Crippen molar-refractivity contribution in [3.05, 3.63) is 0 Å². The molecule has 4 N–H and O–H groups in total. The lowest BCUT2D eigenvalue weighted by Crippen LogP contribution is -2.49. The summed E-state index contributed by atoms with van der Waals surface area (Å²) in [4.78, 5) is 0. The van der Waals surface area contributed by atoms with Gasteiger partial charge >= 0.3 is 0 Å². The van der Waals surface area contributed by atoms with E-state index >= 15 is 0 Å². The molecule has 1 saturated heterocycles. The topological polar surface area (TPSA) is 67.5 Å². The number of hydrogen-bond donors (Lipinski definition) is 3. The van der Waals surface area contributed by atoms with Crippen LogP contribution in [0.15, 0.2) is 0 Å². The van der Waals surface area contributed by atoms with Crippen molar-refractivity contribution in [3.63, 3.8) is 0 Å². The van der Waals surface area contributed by atoms with Crippen LogP contribution in [0.3, 0.4) is 0 Å². The largest absolute Gasteiger partial charge is 0.396 e. The van der Waals surface area contributed by atoms with Crippen molar-refractivity contribution in [1.82, 2.24) is 5.32 Å². The van der Waals surface area contributed by atoms with Gasteiger partial charge in [-0.05, 0) is 32.6 Å². The molecule has 0 aromatic heterocycles. The zero-order chi connectivity index (χ0) is 12.0. The molecule has 0 saturated carbocycles. The summed E-state index contributed by atoms with van der Waals surface area (Å²) in [6.07, 6.45) is 4.62. The van der Waals surface area contributed by atoms with Crippen LogP contribution in [0.4, 0.5) is 0 Å². The Kier molecular flexibility index (Phi) is 6.28. The zero-order valence-electron chi connectivity index (χ0n) is 10.5. The van der Waals surface area contributed by atoms with E-state index in [0.717, 1.165) is 25.7 Å². The van der Waals surface area contributed by atoms with Crippen LogP contribution in [0.1, 0.15) is 39.5 Å². The lowest BCUT2D eigenvalue weighted by molar-refractivity contribution is 0.0301. The molecule has 0 amide bonds. The molecule has 1 rings (SSSR count). The highest BCUT2D eigenvalue weighted by atomic mass is 16.5. The number of ether oxygens (including phenoxy) is 1. The van der Waals surface area contributed by atoms with Crippen molar-refractivity contribution in [2.24, 2.45) is 5.73 Å². The zero-order valence-corrected chi connectivity index (χ0v) is 10.5. The minimum atomic E-state index is 0.224. The van der Waals surface area contributed by atoms with Crippen LogP contribution in [-0.2, 0) is 4.74 Å². The van der Waals surface area contributed by atoms with E-state index in [0.29, 0.717) is 18.7 Å². The van der Waals surface area contributed by atoms with Crippen molar-refractivity contribution < 1.29 is 9.84 Å². The summed E-state index contributed by atoms with van der Waals surface area (Å²) in [5, 5.41) is 12.5. The monoisotopic (exact) mass is 230 g/mol. The van der Waals surface area contributed by atoms with Crippen molar-refractivity contribution in [1.29, 1.82) is 0 Å². The Balaban J connectivity index is 2.40. The standard InChI is InChI=1S/C12H26N2O2/c1-3-10(6-7-15)14-11(8-13)12-5-4-9(2)16-12/h9-12,14-15H,3-8,13H2,1-2H3. The summed E-state index contributed by atoms with van der Waals surface area (Å²) in [6, 6.07) is 0.569. The van der Waals surface area contributed by atoms with Gasteiger partial charge in [0.15, 0.2) is 0 Å². The maximum Gasteiger partial charge on any atom is 0.0745 e. The second-order valence-electron chi connectivity index (χ2n) is 4.69. The predicted octanol–water partition coefficient (Wildman–Crippen LogP) is 0.632. The van der Waals surface area contributed by atoms with Crippen molar-refractivity contribution in [3.8, 4) is 0 Å². The molecule has 0 spiro atoms. The van der Waals surface area contributed by atoms with Gasteiger partial charge in [0.05, 0.1) is 12.2 Å². The highest BCUT2D eigenvalue weighted by molar-refractivity contribution is 4.85. The van der Waals surface area contributed by atoms with Crippen molar-refractivity contribution in [2.75, 3.05) is 13.2 Å². The maximum absolute atomic E-state index is 8.96. The van der Waals surface area contributed by atoms with Crippen LogP contribution in [0.2, 0.25) is 0 Å². The van der Waals surface area contributed by atoms with E-state index < -0.39 is 0 Å². The van der Waals surface area contributed by atoms with E-state index in [1.807, 2.05) is 0 Å². The van der Waals surface area contributed by atoms with Gasteiger partial charge in [-0.2, -0.15) is 0 Å². The SMILES string of the molecule is CCC(CCO)NC(CN)C1CCC(C)O1. The lowest BCUT2D eigenvalue weighted by atomic mass is 10.0. The molecule has 1 fully saturated rings. The Hall–Kier alpha value is -0.160. The number of nitrogens with two attached hydrogens (primary N) is 1. The fourth-order valence-corrected chi connectivity index (χ4v) is 2.32. The molecule has 0 aromatic carbocycles. The summed E-state index contributed by atoms with van der Waals surface area (Å²) in [5.41, 5.74) is 5.79. The molecule has 16 heavy (non-hydrogen) atoms. The van der Waals surface area contributed by atoms with E-state index in [9.17, 15) is 0 Å². The average Bonchev–Trinajstić information content (AvgIpc) is 2.71. The third-order valence-electron chi connectivity index (χ3n) is 3.39. The molecule has 0 aliphatic carbocycles. The number of aliphatic hydroxyl groups is 1. The molecule has 96 valence electrons. The van der Waals surface area contributed by atoms with E-state index in [-0.39, 0.29) is 18.8 Å². The second kappa shape index (κ2) is 7.22. The molecule has 4 heteroatoms. The molecule has 4 nitrogen and oxygen atoms in total. The number of rotatable bonds is 7. The van der Waals surface area contributed by atoms with Gasteiger partial charge in [-0.15, -0.1) is 0 Å². The molecule has 0 aromatic rings. The number of hydrogen-bond acceptors (Lipinski definition) is 4. The third kappa shape index (κ3) is 4.01. The van der Waals surface area contributed by atoms with Gasteiger partial charge in [0.1, 0.15) is 0 Å². The summed E-state index contributed by atoms with van der Waals surface area (Å²) >= 11 is 0. The van der Waals surface area contributed by atoms with E-state index in [2.05, 4.69) is 19.2 Å². The molecule has 0 radical (unpaired) electrons. The van der Waals surface area contributed by atoms with Crippen LogP contribution in [-0.4, -0.2) is 42.5 Å². The first kappa shape index (κ1) is 13.9. The first-order valence-corrected chi connectivity index (χ1v) is 6.43. The van der Waals surface area contributed by atoms with Crippen LogP contribution < -0.4 is 11.1 Å². The third-order valence-corrected chi connectivity index (χ3v) is 3.39.